The molecule has 1 aliphatic heterocycles. The standard InChI is InChI=1S/C26H34N6O2/c1-3-31(4-2)23(20-10-6-5-7-11-20)18-27-26(34)32-16-14-30(15-17-32)19-24-28-22-13-9-8-12-21(22)25(33)29-24/h5-13,23H,3-4,14-19H2,1-2H3,(H,27,34)(H,28,29,33)/t23-/m0/s1. The van der Waals surface area contributed by atoms with Gasteiger partial charge in [-0.25, -0.2) is 9.78 Å². The number of urea groups is 1. The van der Waals surface area contributed by atoms with Crippen LogP contribution in [0.3, 0.4) is 0 Å². The van der Waals surface area contributed by atoms with Gasteiger partial charge >= 0.3 is 6.03 Å². The molecule has 0 saturated carbocycles. The summed E-state index contributed by atoms with van der Waals surface area (Å²) in [5.41, 5.74) is 1.81. The minimum absolute atomic E-state index is 0.0232. The van der Waals surface area contributed by atoms with E-state index in [-0.39, 0.29) is 17.6 Å². The van der Waals surface area contributed by atoms with Crippen molar-refractivity contribution in [3.05, 3.63) is 76.3 Å². The molecule has 0 unspecified atom stereocenters. The second-order valence-corrected chi connectivity index (χ2v) is 8.63. The van der Waals surface area contributed by atoms with Crippen LogP contribution in [0.1, 0.15) is 31.3 Å². The SMILES string of the molecule is CCN(CC)[C@@H](CNC(=O)N1CCN(Cc2nc3ccccc3c(=O)[nH]2)CC1)c1ccccc1. The Morgan fingerprint density at radius 1 is 1.03 bits per heavy atom. The Balaban J connectivity index is 1.31. The van der Waals surface area contributed by atoms with E-state index in [1.165, 1.54) is 5.56 Å². The highest BCUT2D eigenvalue weighted by atomic mass is 16.2. The molecule has 0 spiro atoms. The van der Waals surface area contributed by atoms with Crippen LogP contribution in [0.4, 0.5) is 4.79 Å². The van der Waals surface area contributed by atoms with E-state index >= 15 is 0 Å². The molecular formula is C26H34N6O2. The summed E-state index contributed by atoms with van der Waals surface area (Å²) in [5.74, 6) is 0.659. The first-order chi connectivity index (χ1) is 16.6. The molecule has 1 saturated heterocycles. The van der Waals surface area contributed by atoms with E-state index in [0.29, 0.717) is 42.9 Å². The molecule has 8 nitrogen and oxygen atoms in total. The van der Waals surface area contributed by atoms with Crippen molar-refractivity contribution in [2.24, 2.45) is 0 Å². The van der Waals surface area contributed by atoms with Crippen molar-refractivity contribution in [2.45, 2.75) is 26.4 Å². The van der Waals surface area contributed by atoms with E-state index < -0.39 is 0 Å². The summed E-state index contributed by atoms with van der Waals surface area (Å²) < 4.78 is 0. The summed E-state index contributed by atoms with van der Waals surface area (Å²) in [7, 11) is 0. The largest absolute Gasteiger partial charge is 0.336 e. The van der Waals surface area contributed by atoms with Crippen LogP contribution < -0.4 is 10.9 Å². The Labute approximate surface area is 200 Å². The van der Waals surface area contributed by atoms with Gasteiger partial charge in [-0.15, -0.1) is 0 Å². The fraction of sp³-hybridized carbons (Fsp3) is 0.423. The van der Waals surface area contributed by atoms with E-state index in [1.54, 1.807) is 6.07 Å². The number of piperazine rings is 1. The molecule has 1 aromatic heterocycles. The first kappa shape index (κ1) is 23.9. The summed E-state index contributed by atoms with van der Waals surface area (Å²) >= 11 is 0. The highest BCUT2D eigenvalue weighted by Crippen LogP contribution is 2.19. The van der Waals surface area contributed by atoms with Crippen LogP contribution in [-0.4, -0.2) is 76.5 Å². The Morgan fingerprint density at radius 2 is 1.71 bits per heavy atom. The first-order valence-corrected chi connectivity index (χ1v) is 12.1. The third-order valence-corrected chi connectivity index (χ3v) is 6.58. The number of hydrogen-bond donors (Lipinski definition) is 2. The van der Waals surface area contributed by atoms with Crippen LogP contribution in [-0.2, 0) is 6.54 Å². The molecule has 3 aromatic rings. The number of amides is 2. The molecule has 1 fully saturated rings. The van der Waals surface area contributed by atoms with Gasteiger partial charge in [-0.1, -0.05) is 56.3 Å². The van der Waals surface area contributed by atoms with Gasteiger partial charge in [0.1, 0.15) is 5.82 Å². The number of aromatic nitrogens is 2. The van der Waals surface area contributed by atoms with E-state index in [0.717, 1.165) is 26.2 Å². The molecule has 180 valence electrons. The summed E-state index contributed by atoms with van der Waals surface area (Å²) in [6.07, 6.45) is 0. The molecule has 2 aromatic carbocycles. The molecule has 2 N–H and O–H groups in total. The van der Waals surface area contributed by atoms with Crippen LogP contribution in [0.15, 0.2) is 59.4 Å². The zero-order valence-corrected chi connectivity index (χ0v) is 20.0. The zero-order valence-electron chi connectivity index (χ0n) is 20.0. The van der Waals surface area contributed by atoms with Crippen LogP contribution >= 0.6 is 0 Å². The van der Waals surface area contributed by atoms with E-state index in [2.05, 4.69) is 51.1 Å². The number of likely N-dealkylation sites (N-methyl/N-ethyl adjacent to an activating group) is 1. The average molecular weight is 463 g/mol. The van der Waals surface area contributed by atoms with Crippen molar-refractivity contribution in [1.82, 2.24) is 30.0 Å². The third kappa shape index (κ3) is 5.63. The number of nitrogens with one attached hydrogen (secondary N) is 2. The number of aromatic amines is 1. The van der Waals surface area contributed by atoms with Crippen LogP contribution in [0, 0.1) is 0 Å². The van der Waals surface area contributed by atoms with E-state index in [1.807, 2.05) is 41.3 Å². The number of hydrogen-bond acceptors (Lipinski definition) is 5. The minimum atomic E-state index is -0.111. The monoisotopic (exact) mass is 462 g/mol. The van der Waals surface area contributed by atoms with Gasteiger partial charge in [0, 0.05) is 32.7 Å². The predicted octanol–water partition coefficient (Wildman–Crippen LogP) is 2.83. The summed E-state index contributed by atoms with van der Waals surface area (Å²) in [4.78, 5) is 39.2. The average Bonchev–Trinajstić information content (AvgIpc) is 2.87. The molecule has 2 amide bonds. The lowest BCUT2D eigenvalue weighted by Crippen LogP contribution is -2.52. The highest BCUT2D eigenvalue weighted by molar-refractivity contribution is 5.77. The lowest BCUT2D eigenvalue weighted by atomic mass is 10.1. The number of carbonyl (C=O) groups excluding carboxylic acids is 1. The van der Waals surface area contributed by atoms with Crippen molar-refractivity contribution in [1.29, 1.82) is 0 Å². The lowest BCUT2D eigenvalue weighted by molar-refractivity contribution is 0.130. The van der Waals surface area contributed by atoms with Gasteiger partial charge in [0.25, 0.3) is 5.56 Å². The fourth-order valence-corrected chi connectivity index (χ4v) is 4.62. The fourth-order valence-electron chi connectivity index (χ4n) is 4.62. The topological polar surface area (TPSA) is 84.6 Å². The van der Waals surface area contributed by atoms with Crippen LogP contribution in [0.2, 0.25) is 0 Å². The Kier molecular flexibility index (Phi) is 7.92. The Bertz CT molecular complexity index is 1140. The summed E-state index contributed by atoms with van der Waals surface area (Å²) in [5, 5.41) is 3.76. The Hall–Kier alpha value is -3.23. The van der Waals surface area contributed by atoms with Crippen LogP contribution in [0.5, 0.6) is 0 Å². The first-order valence-electron chi connectivity index (χ1n) is 12.1. The number of H-pyrrole nitrogens is 1. The predicted molar refractivity (Wildman–Crippen MR) is 135 cm³/mol. The third-order valence-electron chi connectivity index (χ3n) is 6.58. The van der Waals surface area contributed by atoms with Gasteiger partial charge in [-0.05, 0) is 30.8 Å². The second kappa shape index (κ2) is 11.3. The van der Waals surface area contributed by atoms with Gasteiger partial charge < -0.3 is 15.2 Å². The molecule has 0 aliphatic carbocycles. The molecule has 1 atom stereocenters. The maximum atomic E-state index is 12.9. The maximum absolute atomic E-state index is 12.9. The van der Waals surface area contributed by atoms with Crippen molar-refractivity contribution in [3.8, 4) is 0 Å². The van der Waals surface area contributed by atoms with Crippen molar-refractivity contribution in [2.75, 3.05) is 45.8 Å². The normalized spacial score (nSPS) is 15.6. The van der Waals surface area contributed by atoms with Crippen molar-refractivity contribution >= 4 is 16.9 Å². The second-order valence-electron chi connectivity index (χ2n) is 8.63. The van der Waals surface area contributed by atoms with Gasteiger partial charge in [-0.3, -0.25) is 14.6 Å². The smallest absolute Gasteiger partial charge is 0.317 e. The van der Waals surface area contributed by atoms with Crippen LogP contribution in [0.25, 0.3) is 10.9 Å². The van der Waals surface area contributed by atoms with E-state index in [9.17, 15) is 9.59 Å². The van der Waals surface area contributed by atoms with Crippen molar-refractivity contribution in [3.63, 3.8) is 0 Å². The molecule has 8 heteroatoms. The maximum Gasteiger partial charge on any atom is 0.317 e. The van der Waals surface area contributed by atoms with Gasteiger partial charge in [-0.2, -0.15) is 0 Å². The summed E-state index contributed by atoms with van der Waals surface area (Å²) in [6, 6.07) is 17.9. The van der Waals surface area contributed by atoms with Gasteiger partial charge in [0.15, 0.2) is 0 Å². The molecule has 34 heavy (non-hydrogen) atoms. The summed E-state index contributed by atoms with van der Waals surface area (Å²) in [6.45, 7) is 10.1. The molecule has 0 radical (unpaired) electrons. The zero-order chi connectivity index (χ0) is 23.9. The molecule has 1 aliphatic rings. The molecular weight excluding hydrogens is 428 g/mol. The number of rotatable bonds is 8. The van der Waals surface area contributed by atoms with E-state index in [4.69, 9.17) is 0 Å². The molecule has 0 bridgehead atoms. The van der Waals surface area contributed by atoms with Gasteiger partial charge in [0.05, 0.1) is 23.5 Å². The quantitative estimate of drug-likeness (QED) is 0.538. The Morgan fingerprint density at radius 3 is 2.41 bits per heavy atom. The number of nitrogens with zero attached hydrogens (tertiary/aromatic N) is 4. The van der Waals surface area contributed by atoms with Gasteiger partial charge in [0.2, 0.25) is 0 Å². The number of benzene rings is 2. The lowest BCUT2D eigenvalue weighted by Gasteiger charge is -2.35. The highest BCUT2D eigenvalue weighted by Gasteiger charge is 2.24. The number of carbonyl (C=O) groups is 1. The van der Waals surface area contributed by atoms with Crippen molar-refractivity contribution < 1.29 is 4.79 Å². The minimum Gasteiger partial charge on any atom is -0.336 e. The molecule has 4 rings (SSSR count). The number of para-hydroxylation sites is 1. The molecule has 2 heterocycles. The number of fused-ring (bicyclic) bond motifs is 1.